The molecule has 0 nitrogen and oxygen atoms in total. The summed E-state index contributed by atoms with van der Waals surface area (Å²) in [6.45, 7) is 15.9. The van der Waals surface area contributed by atoms with Gasteiger partial charge in [0.1, 0.15) is 0 Å². The molecule has 0 aromatic rings. The van der Waals surface area contributed by atoms with E-state index in [0.717, 1.165) is 0 Å². The van der Waals surface area contributed by atoms with Gasteiger partial charge < -0.3 is 0 Å². The molecule has 0 fully saturated rings. The van der Waals surface area contributed by atoms with E-state index in [0.29, 0.717) is 5.41 Å². The van der Waals surface area contributed by atoms with E-state index in [1.807, 2.05) is 0 Å². The third kappa shape index (κ3) is 4.57. The van der Waals surface area contributed by atoms with Gasteiger partial charge in [0.15, 0.2) is 0 Å². The van der Waals surface area contributed by atoms with Gasteiger partial charge in [-0.25, -0.2) is 0 Å². The van der Waals surface area contributed by atoms with Gasteiger partial charge in [0.05, 0.1) is 0 Å². The van der Waals surface area contributed by atoms with Crippen LogP contribution in [0.3, 0.4) is 0 Å². The quantitative estimate of drug-likeness (QED) is 0.434. The van der Waals surface area contributed by atoms with Gasteiger partial charge in [0, 0.05) is 0 Å². The molecular weight excluding hydrogens is 317 g/mol. The van der Waals surface area contributed by atoms with Crippen LogP contribution in [0.5, 0.6) is 0 Å². The molecule has 1 aliphatic carbocycles. The first-order chi connectivity index (χ1) is 8.77. The zero-order valence-electron chi connectivity index (χ0n) is 13.5. The first-order valence-corrected chi connectivity index (χ1v) is 8.98. The molecule has 0 spiro atoms. The summed E-state index contributed by atoms with van der Waals surface area (Å²) in [5, 5.41) is 0. The molecule has 1 heteroatoms. The summed E-state index contributed by atoms with van der Waals surface area (Å²) in [4.78, 5) is 0. The van der Waals surface area contributed by atoms with E-state index in [-0.39, 0.29) is 17.1 Å². The first kappa shape index (κ1) is 16.6. The minimum absolute atomic E-state index is 0.198. The molecule has 1 aliphatic rings. The van der Waals surface area contributed by atoms with E-state index < -0.39 is 0 Å². The van der Waals surface area contributed by atoms with Crippen molar-refractivity contribution in [2.24, 2.45) is 5.41 Å². The van der Waals surface area contributed by atoms with Crippen molar-refractivity contribution in [3.8, 4) is 0 Å². The molecule has 0 aromatic carbocycles. The zero-order valence-corrected chi connectivity index (χ0v) is 15.2. The summed E-state index contributed by atoms with van der Waals surface area (Å²) in [7, 11) is 0. The molecule has 108 valence electrons. The van der Waals surface area contributed by atoms with Crippen molar-refractivity contribution in [2.75, 3.05) is 0 Å². The van der Waals surface area contributed by atoms with Crippen LogP contribution in [0, 0.1) is 5.41 Å². The standard InChI is InChI=1S/C11H17.C7H11.Ru/c1-5-10-6-7-11(3,4)8-9(10)2;1-6(2)5-7(3)4;/h6H,5,7H2,1-4H3;1,5H,2-4H3;. The Hall–Kier alpha value is -0.417. The third-order valence-corrected chi connectivity index (χ3v) is 6.82. The predicted molar refractivity (Wildman–Crippen MR) is 82.7 cm³/mol. The number of hydrogen-bond donors (Lipinski definition) is 0. The van der Waals surface area contributed by atoms with Crippen LogP contribution in [-0.4, -0.2) is 0 Å². The molecule has 0 amide bonds. The van der Waals surface area contributed by atoms with Gasteiger partial charge in [-0.1, -0.05) is 0 Å². The average Bonchev–Trinajstić information content (AvgIpc) is 2.27. The molecule has 0 atom stereocenters. The van der Waals surface area contributed by atoms with Crippen LogP contribution < -0.4 is 0 Å². The zero-order chi connectivity index (χ0) is 14.6. The fourth-order valence-corrected chi connectivity index (χ4v) is 4.81. The summed E-state index contributed by atoms with van der Waals surface area (Å²) in [5.74, 6) is 0. The fraction of sp³-hybridized carbons (Fsp3) is 0.556. The molecule has 0 aliphatic heterocycles. The molecule has 0 bridgehead atoms. The van der Waals surface area contributed by atoms with Crippen LogP contribution >= 0.6 is 0 Å². The van der Waals surface area contributed by atoms with E-state index in [2.05, 4.69) is 65.3 Å². The Morgan fingerprint density at radius 3 is 2.47 bits per heavy atom. The molecule has 0 heterocycles. The van der Waals surface area contributed by atoms with E-state index in [4.69, 9.17) is 0 Å². The SMILES string of the molecule is CCC1=CCC(C)(C)[C]([Ru][CH]=C(C)C=C(C)C)=C1C. The molecule has 1 rings (SSSR count). The molecule has 0 aromatic heterocycles. The Bertz CT molecular complexity index is 452. The van der Waals surface area contributed by atoms with Crippen molar-refractivity contribution in [1.82, 2.24) is 0 Å². The predicted octanol–water partition coefficient (Wildman–Crippen LogP) is 5.98. The molecular formula is C18H28Ru. The van der Waals surface area contributed by atoms with E-state index >= 15 is 0 Å². The van der Waals surface area contributed by atoms with Crippen molar-refractivity contribution in [3.63, 3.8) is 0 Å². The summed E-state index contributed by atoms with van der Waals surface area (Å²) in [5.41, 5.74) is 6.29. The molecule has 0 saturated heterocycles. The van der Waals surface area contributed by atoms with Crippen LogP contribution in [0.4, 0.5) is 0 Å². The van der Waals surface area contributed by atoms with Gasteiger partial charge in [0.25, 0.3) is 0 Å². The van der Waals surface area contributed by atoms with E-state index in [1.54, 1.807) is 15.3 Å². The Balaban J connectivity index is 3.01. The molecule has 0 N–H and O–H groups in total. The van der Waals surface area contributed by atoms with Crippen LogP contribution in [0.15, 0.2) is 43.3 Å². The Morgan fingerprint density at radius 1 is 1.32 bits per heavy atom. The van der Waals surface area contributed by atoms with Gasteiger partial charge in [0.2, 0.25) is 0 Å². The van der Waals surface area contributed by atoms with Crippen molar-refractivity contribution in [2.45, 2.75) is 61.3 Å². The number of hydrogen-bond acceptors (Lipinski definition) is 0. The van der Waals surface area contributed by atoms with E-state index in [9.17, 15) is 0 Å². The monoisotopic (exact) mass is 346 g/mol. The maximum absolute atomic E-state index is 2.47. The van der Waals surface area contributed by atoms with Crippen LogP contribution in [0.2, 0.25) is 0 Å². The van der Waals surface area contributed by atoms with Gasteiger partial charge >= 0.3 is 127 Å². The molecule has 19 heavy (non-hydrogen) atoms. The average molecular weight is 345 g/mol. The van der Waals surface area contributed by atoms with Gasteiger partial charge in [-0.3, -0.25) is 0 Å². The Kier molecular flexibility index (Phi) is 5.99. The number of rotatable bonds is 4. The third-order valence-electron chi connectivity index (χ3n) is 3.45. The second-order valence-corrected chi connectivity index (χ2v) is 8.14. The van der Waals surface area contributed by atoms with Crippen molar-refractivity contribution in [3.05, 3.63) is 43.3 Å². The Morgan fingerprint density at radius 2 is 1.95 bits per heavy atom. The first-order valence-electron chi connectivity index (χ1n) is 7.11. The molecule has 0 saturated carbocycles. The van der Waals surface area contributed by atoms with Crippen LogP contribution in [-0.2, 0) is 17.1 Å². The number of allylic oxidation sites excluding steroid dienone is 7. The summed E-state index contributed by atoms with van der Waals surface area (Å²) in [6.07, 6.45) is 7.11. The second-order valence-electron chi connectivity index (χ2n) is 6.27. The maximum atomic E-state index is 2.47. The minimum atomic E-state index is 0.198. The normalized spacial score (nSPS) is 19.5. The summed E-state index contributed by atoms with van der Waals surface area (Å²) >= 11 is 0.198. The van der Waals surface area contributed by atoms with Crippen molar-refractivity contribution < 1.29 is 17.1 Å². The topological polar surface area (TPSA) is 0 Å². The van der Waals surface area contributed by atoms with E-state index in [1.165, 1.54) is 24.0 Å². The van der Waals surface area contributed by atoms with Crippen LogP contribution in [0.25, 0.3) is 0 Å². The van der Waals surface area contributed by atoms with Gasteiger partial charge in [-0.2, -0.15) is 0 Å². The van der Waals surface area contributed by atoms with Gasteiger partial charge in [-0.05, 0) is 0 Å². The fourth-order valence-electron chi connectivity index (χ4n) is 2.50. The van der Waals surface area contributed by atoms with Crippen LogP contribution in [0.1, 0.15) is 61.3 Å². The van der Waals surface area contributed by atoms with Crippen molar-refractivity contribution >= 4 is 0 Å². The summed E-state index contributed by atoms with van der Waals surface area (Å²) in [6, 6.07) is 0. The molecule has 0 unspecified atom stereocenters. The summed E-state index contributed by atoms with van der Waals surface area (Å²) < 4.78 is 4.18. The second kappa shape index (κ2) is 6.84. The Labute approximate surface area is 127 Å². The van der Waals surface area contributed by atoms with Crippen molar-refractivity contribution in [1.29, 1.82) is 0 Å². The molecule has 0 radical (unpaired) electrons. The van der Waals surface area contributed by atoms with Gasteiger partial charge in [-0.15, -0.1) is 0 Å².